The van der Waals surface area contributed by atoms with Crippen molar-refractivity contribution in [3.8, 4) is 0 Å². The van der Waals surface area contributed by atoms with Gasteiger partial charge in [-0.3, -0.25) is 10.8 Å². The Morgan fingerprint density at radius 3 is 2.88 bits per heavy atom. The third-order valence-electron chi connectivity index (χ3n) is 2.50. The molecule has 0 amide bonds. The number of hydrogen-bond acceptors (Lipinski definition) is 4. The fraction of sp³-hybridized carbons (Fsp3) is 0.250. The lowest BCUT2D eigenvalue weighted by atomic mass is 10.1. The van der Waals surface area contributed by atoms with Gasteiger partial charge < -0.3 is 0 Å². The average Bonchev–Trinajstić information content (AvgIpc) is 2.80. The van der Waals surface area contributed by atoms with Crippen LogP contribution in [0.3, 0.4) is 0 Å². The smallest absolute Gasteiger partial charge is 0.0817 e. The topological polar surface area (TPSA) is 50.9 Å². The van der Waals surface area contributed by atoms with Crippen molar-refractivity contribution in [2.75, 3.05) is 0 Å². The summed E-state index contributed by atoms with van der Waals surface area (Å²) in [6, 6.07) is 8.28. The third kappa shape index (κ3) is 2.29. The maximum Gasteiger partial charge on any atom is 0.0817 e. The predicted octanol–water partition coefficient (Wildman–Crippen LogP) is 2.26. The zero-order valence-electron chi connectivity index (χ0n) is 9.18. The van der Waals surface area contributed by atoms with Crippen molar-refractivity contribution in [2.45, 2.75) is 19.4 Å². The number of nitrogens with two attached hydrogens (primary N) is 1. The lowest BCUT2D eigenvalue weighted by Crippen LogP contribution is -2.28. The van der Waals surface area contributed by atoms with Gasteiger partial charge in [-0.15, -0.1) is 11.3 Å². The lowest BCUT2D eigenvalue weighted by molar-refractivity contribution is 0.644. The summed E-state index contributed by atoms with van der Waals surface area (Å²) in [5, 5.41) is 0. The van der Waals surface area contributed by atoms with Gasteiger partial charge in [0.25, 0.3) is 0 Å². The monoisotopic (exact) mass is 233 g/mol. The van der Waals surface area contributed by atoms with E-state index >= 15 is 0 Å². The normalized spacial score (nSPS) is 12.6. The van der Waals surface area contributed by atoms with Gasteiger partial charge in [-0.1, -0.05) is 13.0 Å². The first-order chi connectivity index (χ1) is 7.85. The van der Waals surface area contributed by atoms with Crippen LogP contribution in [0.1, 0.15) is 28.3 Å². The number of nitrogens with one attached hydrogen (secondary N) is 1. The second-order valence-electron chi connectivity index (χ2n) is 3.54. The molecule has 0 saturated carbocycles. The van der Waals surface area contributed by atoms with E-state index in [1.54, 1.807) is 17.5 Å². The summed E-state index contributed by atoms with van der Waals surface area (Å²) in [6.07, 6.45) is 4.67. The number of aryl methyl sites for hydroxylation is 1. The average molecular weight is 233 g/mol. The molecule has 0 saturated heterocycles. The van der Waals surface area contributed by atoms with Crippen molar-refractivity contribution in [1.82, 2.24) is 10.4 Å². The summed E-state index contributed by atoms with van der Waals surface area (Å²) in [5.74, 6) is 5.62. The quantitative estimate of drug-likeness (QED) is 0.629. The highest BCUT2D eigenvalue weighted by Crippen LogP contribution is 2.27. The van der Waals surface area contributed by atoms with Crippen molar-refractivity contribution < 1.29 is 0 Å². The summed E-state index contributed by atoms with van der Waals surface area (Å²) in [6.45, 7) is 2.16. The molecule has 1 unspecified atom stereocenters. The number of nitrogens with zero attached hydrogens (tertiary/aromatic N) is 1. The molecule has 0 spiro atoms. The molecule has 3 nitrogen and oxygen atoms in total. The number of hydrogen-bond donors (Lipinski definition) is 2. The number of hydrazine groups is 1. The van der Waals surface area contributed by atoms with Crippen molar-refractivity contribution in [1.29, 1.82) is 0 Å². The predicted molar refractivity (Wildman–Crippen MR) is 67.1 cm³/mol. The molecule has 2 aromatic heterocycles. The molecule has 1 atom stereocenters. The van der Waals surface area contributed by atoms with Gasteiger partial charge in [-0.05, 0) is 30.2 Å². The van der Waals surface area contributed by atoms with E-state index in [1.165, 1.54) is 9.75 Å². The zero-order valence-corrected chi connectivity index (χ0v) is 10.00. The van der Waals surface area contributed by atoms with Crippen LogP contribution in [-0.2, 0) is 6.42 Å². The molecule has 2 aromatic rings. The van der Waals surface area contributed by atoms with Gasteiger partial charge in [-0.25, -0.2) is 5.43 Å². The summed E-state index contributed by atoms with van der Waals surface area (Å²) in [5.41, 5.74) is 3.93. The molecule has 16 heavy (non-hydrogen) atoms. The minimum Gasteiger partial charge on any atom is -0.271 e. The number of rotatable bonds is 4. The van der Waals surface area contributed by atoms with Crippen LogP contribution < -0.4 is 11.3 Å². The largest absolute Gasteiger partial charge is 0.271 e. The minimum atomic E-state index is 0.0407. The molecule has 0 aliphatic heterocycles. The van der Waals surface area contributed by atoms with E-state index in [0.717, 1.165) is 12.0 Å². The summed E-state index contributed by atoms with van der Waals surface area (Å²) >= 11 is 1.79. The number of thiophene rings is 1. The Labute approximate surface area is 99.3 Å². The Bertz CT molecular complexity index is 439. The molecular weight excluding hydrogens is 218 g/mol. The van der Waals surface area contributed by atoms with E-state index < -0.39 is 0 Å². The molecule has 2 heterocycles. The van der Waals surface area contributed by atoms with Crippen molar-refractivity contribution in [2.24, 2.45) is 5.84 Å². The number of pyridine rings is 1. The lowest BCUT2D eigenvalue weighted by Gasteiger charge is -2.13. The second kappa shape index (κ2) is 5.21. The van der Waals surface area contributed by atoms with Gasteiger partial charge in [0.05, 0.1) is 6.04 Å². The minimum absolute atomic E-state index is 0.0407. The maximum atomic E-state index is 5.62. The second-order valence-corrected chi connectivity index (χ2v) is 4.74. The van der Waals surface area contributed by atoms with E-state index in [0.29, 0.717) is 0 Å². The third-order valence-corrected chi connectivity index (χ3v) is 3.79. The zero-order chi connectivity index (χ0) is 11.4. The van der Waals surface area contributed by atoms with Gasteiger partial charge in [0.2, 0.25) is 0 Å². The highest BCUT2D eigenvalue weighted by Gasteiger charge is 2.14. The van der Waals surface area contributed by atoms with Crippen LogP contribution in [0.25, 0.3) is 0 Å². The van der Waals surface area contributed by atoms with Crippen LogP contribution in [0, 0.1) is 0 Å². The Morgan fingerprint density at radius 1 is 1.44 bits per heavy atom. The van der Waals surface area contributed by atoms with E-state index in [4.69, 9.17) is 5.84 Å². The fourth-order valence-electron chi connectivity index (χ4n) is 1.63. The molecule has 84 valence electrons. The molecule has 2 rings (SSSR count). The number of aromatic nitrogens is 1. The molecule has 4 heteroatoms. The Hall–Kier alpha value is -1.23. The van der Waals surface area contributed by atoms with Crippen LogP contribution in [0.15, 0.2) is 36.7 Å². The molecule has 0 aliphatic carbocycles. The van der Waals surface area contributed by atoms with Gasteiger partial charge >= 0.3 is 0 Å². The van der Waals surface area contributed by atoms with Gasteiger partial charge in [0.1, 0.15) is 0 Å². The maximum absolute atomic E-state index is 5.62. The van der Waals surface area contributed by atoms with Crippen LogP contribution in [0.5, 0.6) is 0 Å². The Balaban J connectivity index is 2.29. The molecule has 0 aromatic carbocycles. The Morgan fingerprint density at radius 2 is 2.31 bits per heavy atom. The van der Waals surface area contributed by atoms with Gasteiger partial charge in [0.15, 0.2) is 0 Å². The van der Waals surface area contributed by atoms with Crippen molar-refractivity contribution in [3.63, 3.8) is 0 Å². The van der Waals surface area contributed by atoms with Crippen molar-refractivity contribution >= 4 is 11.3 Å². The SMILES string of the molecule is CCc1ccc(C(NN)c2cccnc2)s1. The van der Waals surface area contributed by atoms with Crippen LogP contribution in [0.2, 0.25) is 0 Å². The van der Waals surface area contributed by atoms with Gasteiger partial charge in [0, 0.05) is 22.1 Å². The van der Waals surface area contributed by atoms with E-state index in [9.17, 15) is 0 Å². The molecule has 3 N–H and O–H groups in total. The molecule has 0 bridgehead atoms. The molecular formula is C12H15N3S. The summed E-state index contributed by atoms with van der Waals surface area (Å²) in [7, 11) is 0. The van der Waals surface area contributed by atoms with E-state index in [1.807, 2.05) is 18.3 Å². The van der Waals surface area contributed by atoms with Crippen LogP contribution >= 0.6 is 11.3 Å². The highest BCUT2D eigenvalue weighted by molar-refractivity contribution is 7.12. The van der Waals surface area contributed by atoms with E-state index in [2.05, 4.69) is 29.5 Å². The molecule has 0 fully saturated rings. The Kier molecular flexibility index (Phi) is 3.66. The van der Waals surface area contributed by atoms with Crippen LogP contribution in [0.4, 0.5) is 0 Å². The van der Waals surface area contributed by atoms with Crippen molar-refractivity contribution in [3.05, 3.63) is 52.0 Å². The van der Waals surface area contributed by atoms with Crippen LogP contribution in [-0.4, -0.2) is 4.98 Å². The first-order valence-electron chi connectivity index (χ1n) is 5.29. The fourth-order valence-corrected chi connectivity index (χ4v) is 2.67. The molecule has 0 aliphatic rings. The standard InChI is InChI=1S/C12H15N3S/c1-2-10-5-6-11(16-10)12(15-13)9-4-3-7-14-8-9/h3-8,12,15H,2,13H2,1H3. The van der Waals surface area contributed by atoms with Gasteiger partial charge in [-0.2, -0.15) is 0 Å². The highest BCUT2D eigenvalue weighted by atomic mass is 32.1. The first kappa shape index (κ1) is 11.3. The summed E-state index contributed by atoms with van der Waals surface area (Å²) in [4.78, 5) is 6.72. The molecule has 0 radical (unpaired) electrons. The first-order valence-corrected chi connectivity index (χ1v) is 6.11. The van der Waals surface area contributed by atoms with E-state index in [-0.39, 0.29) is 6.04 Å². The summed E-state index contributed by atoms with van der Waals surface area (Å²) < 4.78 is 0.